The molecule has 124 valence electrons. The highest BCUT2D eigenvalue weighted by molar-refractivity contribution is 6.03. The average Bonchev–Trinajstić information content (AvgIpc) is 2.60. The molecule has 0 radical (unpaired) electrons. The third-order valence-electron chi connectivity index (χ3n) is 3.53. The molecule has 1 heterocycles. The lowest BCUT2D eigenvalue weighted by molar-refractivity contribution is -0.118. The number of carbonyl (C=O) groups excluding carboxylic acids is 1. The van der Waals surface area contributed by atoms with Gasteiger partial charge in [-0.2, -0.15) is 0 Å². The first-order valence-corrected chi connectivity index (χ1v) is 7.60. The van der Waals surface area contributed by atoms with Crippen molar-refractivity contribution >= 4 is 18.3 Å². The highest BCUT2D eigenvalue weighted by atomic mass is 16.2. The second-order valence-electron chi connectivity index (χ2n) is 5.41. The minimum Gasteiger partial charge on any atom is -0.382 e. The van der Waals surface area contributed by atoms with E-state index in [1.807, 2.05) is 43.4 Å². The fraction of sp³-hybridized carbons (Fsp3) is 0.222. The van der Waals surface area contributed by atoms with Crippen molar-refractivity contribution in [3.05, 3.63) is 65.4 Å². The molecule has 0 aliphatic heterocycles. The third kappa shape index (κ3) is 4.49. The van der Waals surface area contributed by atoms with Gasteiger partial charge in [-0.3, -0.25) is 9.78 Å². The SMILES string of the molecule is C=N/C(N)=C(\N=C(C)c1ccc(C)nc1)C(=O)NC1C=CC=CC1. The molecular weight excluding hydrogens is 302 g/mol. The van der Waals surface area contributed by atoms with Gasteiger partial charge >= 0.3 is 0 Å². The van der Waals surface area contributed by atoms with Gasteiger partial charge in [-0.1, -0.05) is 24.3 Å². The van der Waals surface area contributed by atoms with Crippen molar-refractivity contribution in [2.75, 3.05) is 0 Å². The number of hydrogen-bond donors (Lipinski definition) is 2. The quantitative estimate of drug-likeness (QED) is 0.641. The van der Waals surface area contributed by atoms with Crippen molar-refractivity contribution in [1.82, 2.24) is 10.3 Å². The molecule has 1 amide bonds. The molecule has 0 spiro atoms. The van der Waals surface area contributed by atoms with Crippen molar-refractivity contribution in [3.63, 3.8) is 0 Å². The average molecular weight is 323 g/mol. The van der Waals surface area contributed by atoms with E-state index in [9.17, 15) is 4.79 Å². The molecule has 1 aromatic heterocycles. The van der Waals surface area contributed by atoms with Gasteiger partial charge in [0.1, 0.15) is 0 Å². The normalized spacial score (nSPS) is 18.1. The topological polar surface area (TPSA) is 92.7 Å². The largest absolute Gasteiger partial charge is 0.382 e. The van der Waals surface area contributed by atoms with Crippen molar-refractivity contribution in [3.8, 4) is 0 Å². The van der Waals surface area contributed by atoms with E-state index in [2.05, 4.69) is 27.0 Å². The molecule has 1 aliphatic rings. The maximum absolute atomic E-state index is 12.5. The molecule has 3 N–H and O–H groups in total. The lowest BCUT2D eigenvalue weighted by Crippen LogP contribution is -2.35. The van der Waals surface area contributed by atoms with E-state index >= 15 is 0 Å². The van der Waals surface area contributed by atoms with Crippen LogP contribution < -0.4 is 11.1 Å². The molecule has 1 aliphatic carbocycles. The zero-order chi connectivity index (χ0) is 17.5. The molecule has 0 saturated carbocycles. The lowest BCUT2D eigenvalue weighted by atomic mass is 10.1. The molecule has 1 atom stereocenters. The number of allylic oxidation sites excluding steroid dienone is 2. The number of rotatable bonds is 5. The minimum absolute atomic E-state index is 0.0118. The summed E-state index contributed by atoms with van der Waals surface area (Å²) >= 11 is 0. The van der Waals surface area contributed by atoms with Gasteiger partial charge < -0.3 is 11.1 Å². The fourth-order valence-electron chi connectivity index (χ4n) is 2.14. The number of aromatic nitrogens is 1. The van der Waals surface area contributed by atoms with Crippen LogP contribution in [0.5, 0.6) is 0 Å². The standard InChI is InChI=1S/C18H21N5O/c1-12-9-10-14(11-21-12)13(2)22-16(17(19)20-3)18(24)23-15-7-5-4-6-8-15/h4-7,9-11,15H,3,8,19H2,1-2H3,(H,23,24)/b17-16-,22-13?. The smallest absolute Gasteiger partial charge is 0.274 e. The summed E-state index contributed by atoms with van der Waals surface area (Å²) < 4.78 is 0. The van der Waals surface area contributed by atoms with E-state index in [4.69, 9.17) is 5.73 Å². The first kappa shape index (κ1) is 17.3. The number of hydrogen-bond acceptors (Lipinski definition) is 5. The zero-order valence-corrected chi connectivity index (χ0v) is 13.9. The molecule has 24 heavy (non-hydrogen) atoms. The molecule has 2 rings (SSSR count). The molecule has 0 fully saturated rings. The molecule has 1 unspecified atom stereocenters. The Balaban J connectivity index is 2.25. The Labute approximate surface area is 141 Å². The summed E-state index contributed by atoms with van der Waals surface area (Å²) in [5.74, 6) is -0.397. The predicted octanol–water partition coefficient (Wildman–Crippen LogP) is 2.03. The first-order chi connectivity index (χ1) is 11.5. The van der Waals surface area contributed by atoms with Crippen LogP contribution in [-0.2, 0) is 4.79 Å². The van der Waals surface area contributed by atoms with Gasteiger partial charge in [-0.15, -0.1) is 0 Å². The van der Waals surface area contributed by atoms with Gasteiger partial charge in [-0.05, 0) is 39.1 Å². The Morgan fingerprint density at radius 1 is 1.42 bits per heavy atom. The van der Waals surface area contributed by atoms with E-state index in [0.29, 0.717) is 5.71 Å². The summed E-state index contributed by atoms with van der Waals surface area (Å²) in [5.41, 5.74) is 8.19. The van der Waals surface area contributed by atoms with Crippen LogP contribution in [0.1, 0.15) is 24.6 Å². The summed E-state index contributed by atoms with van der Waals surface area (Å²) in [6.07, 6.45) is 10.1. The Morgan fingerprint density at radius 2 is 2.21 bits per heavy atom. The number of carbonyl (C=O) groups is 1. The van der Waals surface area contributed by atoms with Crippen LogP contribution in [0, 0.1) is 6.92 Å². The maximum Gasteiger partial charge on any atom is 0.274 e. The van der Waals surface area contributed by atoms with Crippen molar-refractivity contribution in [2.45, 2.75) is 26.3 Å². The van der Waals surface area contributed by atoms with Gasteiger partial charge in [0.2, 0.25) is 0 Å². The number of aryl methyl sites for hydroxylation is 1. The monoisotopic (exact) mass is 323 g/mol. The molecule has 6 heteroatoms. The number of nitrogens with zero attached hydrogens (tertiary/aromatic N) is 3. The highest BCUT2D eigenvalue weighted by Gasteiger charge is 2.17. The van der Waals surface area contributed by atoms with Crippen LogP contribution in [-0.4, -0.2) is 29.4 Å². The second-order valence-corrected chi connectivity index (χ2v) is 5.41. The molecule has 0 aromatic carbocycles. The van der Waals surface area contributed by atoms with E-state index < -0.39 is 0 Å². The van der Waals surface area contributed by atoms with Crippen LogP contribution in [0.25, 0.3) is 0 Å². The van der Waals surface area contributed by atoms with Crippen LogP contribution in [0.15, 0.2) is 64.1 Å². The third-order valence-corrected chi connectivity index (χ3v) is 3.53. The summed E-state index contributed by atoms with van der Waals surface area (Å²) in [7, 11) is 0. The van der Waals surface area contributed by atoms with E-state index in [0.717, 1.165) is 17.7 Å². The summed E-state index contributed by atoms with van der Waals surface area (Å²) in [5, 5.41) is 2.87. The van der Waals surface area contributed by atoms with Crippen molar-refractivity contribution < 1.29 is 4.79 Å². The molecule has 0 saturated heterocycles. The van der Waals surface area contributed by atoms with Crippen molar-refractivity contribution in [1.29, 1.82) is 0 Å². The molecule has 1 aromatic rings. The Hall–Kier alpha value is -3.02. The Morgan fingerprint density at radius 3 is 2.79 bits per heavy atom. The minimum atomic E-state index is -0.385. The Kier molecular flexibility index (Phi) is 5.78. The highest BCUT2D eigenvalue weighted by Crippen LogP contribution is 2.10. The number of nitrogens with one attached hydrogen (secondary N) is 1. The summed E-state index contributed by atoms with van der Waals surface area (Å²) in [6.45, 7) is 7.08. The van der Waals surface area contributed by atoms with Crippen LogP contribution in [0.4, 0.5) is 0 Å². The predicted molar refractivity (Wildman–Crippen MR) is 96.8 cm³/mol. The molecular formula is C18H21N5O. The van der Waals surface area contributed by atoms with Gasteiger partial charge in [0.05, 0.1) is 6.04 Å². The maximum atomic E-state index is 12.5. The fourth-order valence-corrected chi connectivity index (χ4v) is 2.14. The summed E-state index contributed by atoms with van der Waals surface area (Å²) in [6, 6.07) is 3.68. The van der Waals surface area contributed by atoms with E-state index in [-0.39, 0.29) is 23.5 Å². The van der Waals surface area contributed by atoms with Crippen molar-refractivity contribution in [2.24, 2.45) is 15.7 Å². The number of aliphatic imine (C=N–C) groups is 2. The molecule has 6 nitrogen and oxygen atoms in total. The van der Waals surface area contributed by atoms with Gasteiger partial charge in [-0.25, -0.2) is 9.98 Å². The summed E-state index contributed by atoms with van der Waals surface area (Å²) in [4.78, 5) is 24.8. The molecule has 0 bridgehead atoms. The first-order valence-electron chi connectivity index (χ1n) is 7.60. The number of amides is 1. The van der Waals surface area contributed by atoms with E-state index in [1.54, 1.807) is 13.1 Å². The van der Waals surface area contributed by atoms with Crippen LogP contribution in [0.2, 0.25) is 0 Å². The van der Waals surface area contributed by atoms with Gasteiger partial charge in [0.15, 0.2) is 11.5 Å². The van der Waals surface area contributed by atoms with Crippen LogP contribution in [0.3, 0.4) is 0 Å². The number of pyridine rings is 1. The second kappa shape index (κ2) is 8.01. The zero-order valence-electron chi connectivity index (χ0n) is 13.9. The van der Waals surface area contributed by atoms with Gasteiger partial charge in [0.25, 0.3) is 5.91 Å². The van der Waals surface area contributed by atoms with Crippen LogP contribution >= 0.6 is 0 Å². The van der Waals surface area contributed by atoms with Gasteiger partial charge in [0, 0.05) is 23.2 Å². The Bertz CT molecular complexity index is 741. The lowest BCUT2D eigenvalue weighted by Gasteiger charge is -2.16. The number of nitrogens with two attached hydrogens (primary N) is 1. The van der Waals surface area contributed by atoms with E-state index in [1.165, 1.54) is 0 Å².